The number of carboxylic acid groups (broad SMARTS) is 1. The number of halogens is 1. The monoisotopic (exact) mass is 388 g/mol. The molecule has 0 radical (unpaired) electrons. The number of piperidine rings is 2. The van der Waals surface area contributed by atoms with Gasteiger partial charge in [0.1, 0.15) is 0 Å². The van der Waals surface area contributed by atoms with Gasteiger partial charge in [-0.05, 0) is 49.3 Å². The normalized spacial score (nSPS) is 28.0. The highest BCUT2D eigenvalue weighted by Gasteiger charge is 2.59. The van der Waals surface area contributed by atoms with Crippen LogP contribution in [-0.4, -0.2) is 39.0 Å². The number of benzene rings is 1. The molecule has 1 aliphatic carbocycles. The summed E-state index contributed by atoms with van der Waals surface area (Å²) >= 11 is 6.38. The summed E-state index contributed by atoms with van der Waals surface area (Å²) in [6.07, 6.45) is 4.92. The highest BCUT2D eigenvalue weighted by atomic mass is 35.5. The lowest BCUT2D eigenvalue weighted by Gasteiger charge is -2.58. The molecule has 3 fully saturated rings. The zero-order chi connectivity index (χ0) is 19.3. The van der Waals surface area contributed by atoms with Crippen LogP contribution in [0.3, 0.4) is 0 Å². The van der Waals surface area contributed by atoms with Crippen LogP contribution >= 0.6 is 11.6 Å². The molecule has 144 valence electrons. The Balaban J connectivity index is 1.53. The average Bonchev–Trinajstić information content (AvgIpc) is 3.05. The molecular weight excluding hydrogens is 364 g/mol. The topological polar surface area (TPSA) is 73.4 Å². The molecule has 2 bridgehead atoms. The van der Waals surface area contributed by atoms with Crippen molar-refractivity contribution >= 4 is 34.4 Å². The fourth-order valence-corrected chi connectivity index (χ4v) is 5.38. The number of aromatic nitrogens is 1. The lowest BCUT2D eigenvalue weighted by Crippen LogP contribution is -2.66. The van der Waals surface area contributed by atoms with Gasteiger partial charge in [-0.15, -0.1) is 0 Å². The number of carbonyl (C=O) groups excluding carboxylic acids is 1. The molecule has 2 atom stereocenters. The van der Waals surface area contributed by atoms with E-state index in [1.54, 1.807) is 0 Å². The minimum absolute atomic E-state index is 0.0276. The van der Waals surface area contributed by atoms with Gasteiger partial charge in [-0.1, -0.05) is 31.5 Å². The van der Waals surface area contributed by atoms with E-state index in [0.29, 0.717) is 30.7 Å². The summed E-state index contributed by atoms with van der Waals surface area (Å²) in [5.74, 6) is -0.541. The SMILES string of the molecule is CCC1CC2(C(=O)O)CC(C2)N1C(=O)CC(C)c1c[nH]c2cccc(Cl)c12. The second-order valence-corrected chi connectivity index (χ2v) is 8.63. The van der Waals surface area contributed by atoms with Gasteiger partial charge >= 0.3 is 5.97 Å². The van der Waals surface area contributed by atoms with E-state index in [9.17, 15) is 14.7 Å². The Labute approximate surface area is 163 Å². The number of nitrogens with one attached hydrogen (secondary N) is 1. The van der Waals surface area contributed by atoms with Crippen molar-refractivity contribution in [3.63, 3.8) is 0 Å². The van der Waals surface area contributed by atoms with Crippen LogP contribution < -0.4 is 0 Å². The van der Waals surface area contributed by atoms with Gasteiger partial charge in [0, 0.05) is 35.6 Å². The molecule has 27 heavy (non-hydrogen) atoms. The van der Waals surface area contributed by atoms with Gasteiger partial charge in [0.25, 0.3) is 0 Å². The van der Waals surface area contributed by atoms with Crippen molar-refractivity contribution in [1.82, 2.24) is 9.88 Å². The largest absolute Gasteiger partial charge is 0.481 e. The maximum absolute atomic E-state index is 13.1. The number of aliphatic carboxylic acids is 1. The van der Waals surface area contributed by atoms with E-state index in [1.807, 2.05) is 36.2 Å². The number of amides is 1. The van der Waals surface area contributed by atoms with Gasteiger partial charge in [-0.3, -0.25) is 9.59 Å². The van der Waals surface area contributed by atoms with Crippen LogP contribution in [0.15, 0.2) is 24.4 Å². The first kappa shape index (κ1) is 18.4. The fraction of sp³-hybridized carbons (Fsp3) is 0.524. The first-order chi connectivity index (χ1) is 12.9. The van der Waals surface area contributed by atoms with E-state index < -0.39 is 11.4 Å². The van der Waals surface area contributed by atoms with E-state index in [0.717, 1.165) is 22.9 Å². The Hall–Kier alpha value is -2.01. The summed E-state index contributed by atoms with van der Waals surface area (Å²) in [6, 6.07) is 5.86. The summed E-state index contributed by atoms with van der Waals surface area (Å²) in [5.41, 5.74) is 1.44. The minimum atomic E-state index is -0.703. The molecule has 5 rings (SSSR count). The summed E-state index contributed by atoms with van der Waals surface area (Å²) < 4.78 is 0. The van der Waals surface area contributed by atoms with Crippen LogP contribution in [-0.2, 0) is 9.59 Å². The van der Waals surface area contributed by atoms with Gasteiger partial charge in [-0.2, -0.15) is 0 Å². The van der Waals surface area contributed by atoms with Crippen molar-refractivity contribution in [2.45, 2.75) is 64.0 Å². The predicted molar refractivity (Wildman–Crippen MR) is 105 cm³/mol. The molecule has 5 nitrogen and oxygen atoms in total. The molecule has 1 aromatic carbocycles. The first-order valence-corrected chi connectivity index (χ1v) is 10.0. The number of hydrogen-bond donors (Lipinski definition) is 2. The maximum Gasteiger partial charge on any atom is 0.309 e. The van der Waals surface area contributed by atoms with Crippen molar-refractivity contribution < 1.29 is 14.7 Å². The Morgan fingerprint density at radius 1 is 1.37 bits per heavy atom. The lowest BCUT2D eigenvalue weighted by atomic mass is 9.57. The third kappa shape index (κ3) is 2.83. The average molecular weight is 389 g/mol. The van der Waals surface area contributed by atoms with Crippen LogP contribution in [0, 0.1) is 5.41 Å². The molecule has 0 spiro atoms. The lowest BCUT2D eigenvalue weighted by molar-refractivity contribution is -0.181. The molecular formula is C21H25ClN2O3. The number of rotatable bonds is 5. The number of nitrogens with zero attached hydrogens (tertiary/aromatic N) is 1. The van der Waals surface area contributed by atoms with Crippen LogP contribution in [0.2, 0.25) is 5.02 Å². The van der Waals surface area contributed by atoms with Crippen LogP contribution in [0.25, 0.3) is 10.9 Å². The van der Waals surface area contributed by atoms with Crippen molar-refractivity contribution in [2.24, 2.45) is 5.41 Å². The van der Waals surface area contributed by atoms with Gasteiger partial charge in [0.05, 0.1) is 10.4 Å². The minimum Gasteiger partial charge on any atom is -0.481 e. The summed E-state index contributed by atoms with van der Waals surface area (Å²) in [4.78, 5) is 30.0. The molecule has 1 amide bonds. The molecule has 2 saturated heterocycles. The zero-order valence-electron chi connectivity index (χ0n) is 15.7. The number of fused-ring (bicyclic) bond motifs is 3. The summed E-state index contributed by atoms with van der Waals surface area (Å²) in [5, 5.41) is 11.2. The number of carboxylic acids is 1. The molecule has 2 aromatic rings. The smallest absolute Gasteiger partial charge is 0.309 e. The highest BCUT2D eigenvalue weighted by molar-refractivity contribution is 6.35. The molecule has 2 aliphatic heterocycles. The third-order valence-electron chi connectivity index (χ3n) is 6.58. The summed E-state index contributed by atoms with van der Waals surface area (Å²) in [7, 11) is 0. The van der Waals surface area contributed by atoms with E-state index in [2.05, 4.69) is 11.9 Å². The number of hydrogen-bond acceptors (Lipinski definition) is 2. The Bertz CT molecular complexity index is 900. The van der Waals surface area contributed by atoms with Crippen molar-refractivity contribution in [3.05, 3.63) is 35.0 Å². The highest BCUT2D eigenvalue weighted by Crippen LogP contribution is 2.54. The second-order valence-electron chi connectivity index (χ2n) is 8.23. The number of H-pyrrole nitrogens is 1. The van der Waals surface area contributed by atoms with Crippen molar-refractivity contribution in [1.29, 1.82) is 0 Å². The van der Waals surface area contributed by atoms with Gasteiger partial charge in [0.2, 0.25) is 5.91 Å². The molecule has 2 N–H and O–H groups in total. The molecule has 1 saturated carbocycles. The van der Waals surface area contributed by atoms with E-state index in [4.69, 9.17) is 11.6 Å². The van der Waals surface area contributed by atoms with Crippen LogP contribution in [0.4, 0.5) is 0 Å². The molecule has 2 unspecified atom stereocenters. The fourth-order valence-electron chi connectivity index (χ4n) is 5.09. The standard InChI is InChI=1S/C21H25ClN2O3/c1-3-13-8-21(20(26)27)9-14(10-21)24(13)18(25)7-12(2)15-11-23-17-6-4-5-16(22)19(15)17/h4-6,11-14,23H,3,7-10H2,1-2H3,(H,26,27). The third-order valence-corrected chi connectivity index (χ3v) is 6.89. The van der Waals surface area contributed by atoms with E-state index in [-0.39, 0.29) is 23.9 Å². The van der Waals surface area contributed by atoms with Crippen LogP contribution in [0.5, 0.6) is 0 Å². The van der Waals surface area contributed by atoms with Gasteiger partial charge in [0.15, 0.2) is 0 Å². The summed E-state index contributed by atoms with van der Waals surface area (Å²) in [6.45, 7) is 4.09. The molecule has 3 aliphatic rings. The second kappa shape index (κ2) is 6.55. The van der Waals surface area contributed by atoms with Crippen molar-refractivity contribution in [3.8, 4) is 0 Å². The zero-order valence-corrected chi connectivity index (χ0v) is 16.4. The Morgan fingerprint density at radius 3 is 2.78 bits per heavy atom. The van der Waals surface area contributed by atoms with Gasteiger partial charge < -0.3 is 15.0 Å². The first-order valence-electron chi connectivity index (χ1n) is 9.66. The molecule has 3 heterocycles. The Kier molecular flexibility index (Phi) is 4.46. The van der Waals surface area contributed by atoms with Crippen molar-refractivity contribution in [2.75, 3.05) is 0 Å². The Morgan fingerprint density at radius 2 is 2.11 bits per heavy atom. The van der Waals surface area contributed by atoms with E-state index in [1.165, 1.54) is 0 Å². The molecule has 6 heteroatoms. The van der Waals surface area contributed by atoms with Crippen LogP contribution in [0.1, 0.15) is 57.4 Å². The quantitative estimate of drug-likeness (QED) is 0.788. The number of aromatic amines is 1. The van der Waals surface area contributed by atoms with Gasteiger partial charge in [-0.25, -0.2) is 0 Å². The molecule has 1 aromatic heterocycles. The van der Waals surface area contributed by atoms with E-state index >= 15 is 0 Å². The maximum atomic E-state index is 13.1. The predicted octanol–water partition coefficient (Wildman–Crippen LogP) is 4.56. The number of carbonyl (C=O) groups is 2.